The average molecular weight is 506 g/mol. The van der Waals surface area contributed by atoms with Crippen LogP contribution < -0.4 is 10.4 Å². The van der Waals surface area contributed by atoms with Gasteiger partial charge in [0, 0.05) is 39.8 Å². The molecule has 1 saturated heterocycles. The Balaban J connectivity index is 1.44. The molecule has 0 radical (unpaired) electrons. The lowest BCUT2D eigenvalue weighted by Gasteiger charge is -2.46. The van der Waals surface area contributed by atoms with Crippen LogP contribution in [0.1, 0.15) is 49.3 Å². The van der Waals surface area contributed by atoms with Crippen LogP contribution in [-0.2, 0) is 17.6 Å². The highest BCUT2D eigenvalue weighted by Gasteiger charge is 2.47. The number of benzene rings is 2. The number of Topliss-reactive ketones (excluding diaryl/α,β-unsaturated/α-hetero) is 1. The molecule has 0 aliphatic carbocycles. The van der Waals surface area contributed by atoms with Gasteiger partial charge in [0.25, 0.3) is 0 Å². The summed E-state index contributed by atoms with van der Waals surface area (Å²) in [5, 5.41) is 22.6. The topological polar surface area (TPSA) is 122 Å². The molecule has 0 amide bonds. The normalized spacial score (nSPS) is 23.4. The molecule has 1 aliphatic rings. The first kappa shape index (κ1) is 25.2. The van der Waals surface area contributed by atoms with Crippen LogP contribution in [0, 0.1) is 5.92 Å². The summed E-state index contributed by atoms with van der Waals surface area (Å²) in [5.74, 6) is -0.118. The summed E-state index contributed by atoms with van der Waals surface area (Å²) in [6, 6.07) is 14.5. The van der Waals surface area contributed by atoms with E-state index in [0.717, 1.165) is 10.9 Å². The van der Waals surface area contributed by atoms with Gasteiger partial charge in [-0.2, -0.15) is 0 Å². The van der Waals surface area contributed by atoms with E-state index in [1.54, 1.807) is 24.3 Å². The first-order valence-corrected chi connectivity index (χ1v) is 12.5. The van der Waals surface area contributed by atoms with Crippen LogP contribution in [-0.4, -0.2) is 45.1 Å². The highest BCUT2D eigenvalue weighted by molar-refractivity contribution is 6.00. The first-order chi connectivity index (χ1) is 17.6. The second-order valence-electron chi connectivity index (χ2n) is 10.2. The van der Waals surface area contributed by atoms with Gasteiger partial charge in [0.05, 0.1) is 17.4 Å². The number of para-hydroxylation sites is 1. The SMILES string of the molecule is CCc1c(OC2OC(C)(C)[C@H](C)[C@H](O)[C@@H]2O)ccc2cc(CC(=O)c3cc4ccccc4[nH]3)c(=O)oc12. The van der Waals surface area contributed by atoms with Crippen LogP contribution in [0.4, 0.5) is 0 Å². The Morgan fingerprint density at radius 2 is 1.84 bits per heavy atom. The van der Waals surface area contributed by atoms with E-state index in [9.17, 15) is 19.8 Å². The molecule has 37 heavy (non-hydrogen) atoms. The van der Waals surface area contributed by atoms with E-state index in [4.69, 9.17) is 13.9 Å². The van der Waals surface area contributed by atoms with E-state index in [2.05, 4.69) is 4.98 Å². The molecule has 1 fully saturated rings. The van der Waals surface area contributed by atoms with E-state index >= 15 is 0 Å². The van der Waals surface area contributed by atoms with Crippen LogP contribution in [0.5, 0.6) is 5.75 Å². The van der Waals surface area contributed by atoms with Crippen LogP contribution in [0.15, 0.2) is 57.7 Å². The van der Waals surface area contributed by atoms with Crippen LogP contribution >= 0.6 is 0 Å². The fourth-order valence-corrected chi connectivity index (χ4v) is 4.89. The zero-order valence-corrected chi connectivity index (χ0v) is 21.3. The van der Waals surface area contributed by atoms with Crippen molar-refractivity contribution in [1.29, 1.82) is 0 Å². The number of aliphatic hydroxyl groups is 2. The molecule has 5 rings (SSSR count). The zero-order chi connectivity index (χ0) is 26.5. The van der Waals surface area contributed by atoms with E-state index < -0.39 is 29.7 Å². The number of ketones is 1. The van der Waals surface area contributed by atoms with Gasteiger partial charge in [-0.05, 0) is 50.6 Å². The predicted molar refractivity (Wildman–Crippen MR) is 139 cm³/mol. The second kappa shape index (κ2) is 9.45. The predicted octanol–water partition coefficient (Wildman–Crippen LogP) is 4.13. The molecule has 8 heteroatoms. The molecular weight excluding hydrogens is 474 g/mol. The summed E-state index contributed by atoms with van der Waals surface area (Å²) in [6.45, 7) is 7.38. The molecular formula is C29H31NO7. The number of H-pyrrole nitrogens is 1. The Morgan fingerprint density at radius 1 is 1.08 bits per heavy atom. The maximum atomic E-state index is 12.9. The summed E-state index contributed by atoms with van der Waals surface area (Å²) in [5.41, 5.74) is 1.22. The number of aromatic nitrogens is 1. The molecule has 0 bridgehead atoms. The standard InChI is InChI=1S/C29H31NO7/c1-5-19-23(35-28-25(33)24(32)15(2)29(3,4)37-28)11-10-17-12-18(27(34)36-26(17)19)14-22(31)21-13-16-8-6-7-9-20(16)30-21/h6-13,15,24-25,28,30,32-33H,5,14H2,1-4H3/t15-,24+,25+,28?/m1/s1. The van der Waals surface area contributed by atoms with E-state index in [0.29, 0.717) is 34.4 Å². The number of ether oxygens (including phenoxy) is 2. The van der Waals surface area contributed by atoms with Gasteiger partial charge in [-0.25, -0.2) is 4.79 Å². The third-order valence-corrected chi connectivity index (χ3v) is 7.47. The van der Waals surface area contributed by atoms with E-state index in [1.807, 2.05) is 52.0 Å². The van der Waals surface area contributed by atoms with Gasteiger partial charge in [0.1, 0.15) is 17.4 Å². The minimum absolute atomic E-state index is 0.0991. The van der Waals surface area contributed by atoms with Gasteiger partial charge in [0.15, 0.2) is 5.78 Å². The third-order valence-electron chi connectivity index (χ3n) is 7.47. The summed E-state index contributed by atoms with van der Waals surface area (Å²) in [6.07, 6.45) is -2.97. The Kier molecular flexibility index (Phi) is 6.43. The van der Waals surface area contributed by atoms with Gasteiger partial charge < -0.3 is 29.1 Å². The van der Waals surface area contributed by atoms with Crippen molar-refractivity contribution in [3.8, 4) is 5.75 Å². The highest BCUT2D eigenvalue weighted by atomic mass is 16.7. The molecule has 4 aromatic rings. The minimum atomic E-state index is -1.24. The summed E-state index contributed by atoms with van der Waals surface area (Å²) >= 11 is 0. The molecule has 4 atom stereocenters. The molecule has 0 spiro atoms. The van der Waals surface area contributed by atoms with Gasteiger partial charge in [-0.15, -0.1) is 0 Å². The maximum Gasteiger partial charge on any atom is 0.339 e. The number of aliphatic hydroxyl groups excluding tert-OH is 2. The summed E-state index contributed by atoms with van der Waals surface area (Å²) in [4.78, 5) is 28.9. The minimum Gasteiger partial charge on any atom is -0.462 e. The Bertz CT molecular complexity index is 1500. The number of rotatable bonds is 6. The molecule has 8 nitrogen and oxygen atoms in total. The molecule has 1 unspecified atom stereocenters. The van der Waals surface area contributed by atoms with Crippen molar-refractivity contribution in [2.75, 3.05) is 0 Å². The van der Waals surface area contributed by atoms with Crippen LogP contribution in [0.25, 0.3) is 21.9 Å². The van der Waals surface area contributed by atoms with Gasteiger partial charge >= 0.3 is 5.63 Å². The summed E-state index contributed by atoms with van der Waals surface area (Å²) in [7, 11) is 0. The number of fused-ring (bicyclic) bond motifs is 2. The Morgan fingerprint density at radius 3 is 2.57 bits per heavy atom. The Labute approximate surface area is 213 Å². The van der Waals surface area contributed by atoms with Crippen molar-refractivity contribution in [3.05, 3.63) is 75.8 Å². The lowest BCUT2D eigenvalue weighted by molar-refractivity contribution is -0.285. The fraction of sp³-hybridized carbons (Fsp3) is 0.379. The monoisotopic (exact) mass is 505 g/mol. The highest BCUT2D eigenvalue weighted by Crippen LogP contribution is 2.37. The van der Waals surface area contributed by atoms with Crippen molar-refractivity contribution in [2.24, 2.45) is 5.92 Å². The largest absolute Gasteiger partial charge is 0.462 e. The summed E-state index contributed by atoms with van der Waals surface area (Å²) < 4.78 is 17.7. The van der Waals surface area contributed by atoms with Crippen molar-refractivity contribution in [1.82, 2.24) is 4.98 Å². The van der Waals surface area contributed by atoms with Crippen LogP contribution in [0.3, 0.4) is 0 Å². The quantitative estimate of drug-likeness (QED) is 0.266. The van der Waals surface area contributed by atoms with Crippen molar-refractivity contribution < 1.29 is 28.9 Å². The Hall–Kier alpha value is -3.46. The number of nitrogens with one attached hydrogen (secondary N) is 1. The number of carbonyl (C=O) groups is 1. The number of hydrogen-bond donors (Lipinski definition) is 3. The molecule has 3 heterocycles. The number of carbonyl (C=O) groups excluding carboxylic acids is 1. The number of aryl methyl sites for hydroxylation is 1. The van der Waals surface area contributed by atoms with Crippen LogP contribution in [0.2, 0.25) is 0 Å². The average Bonchev–Trinajstić information content (AvgIpc) is 3.31. The lowest BCUT2D eigenvalue weighted by Crippen LogP contribution is -2.59. The molecule has 1 aliphatic heterocycles. The van der Waals surface area contributed by atoms with Crippen molar-refractivity contribution >= 4 is 27.7 Å². The molecule has 0 saturated carbocycles. The van der Waals surface area contributed by atoms with Gasteiger partial charge in [-0.3, -0.25) is 4.79 Å². The van der Waals surface area contributed by atoms with Crippen molar-refractivity contribution in [2.45, 2.75) is 64.6 Å². The lowest BCUT2D eigenvalue weighted by atomic mass is 9.82. The van der Waals surface area contributed by atoms with Gasteiger partial charge in [0.2, 0.25) is 6.29 Å². The third kappa shape index (κ3) is 4.56. The first-order valence-electron chi connectivity index (χ1n) is 12.5. The number of aromatic amines is 1. The second-order valence-corrected chi connectivity index (χ2v) is 10.2. The smallest absolute Gasteiger partial charge is 0.339 e. The fourth-order valence-electron chi connectivity index (χ4n) is 4.89. The molecule has 3 N–H and O–H groups in total. The van der Waals surface area contributed by atoms with Crippen molar-refractivity contribution in [3.63, 3.8) is 0 Å². The number of hydrogen-bond acceptors (Lipinski definition) is 7. The molecule has 2 aromatic heterocycles. The molecule has 2 aromatic carbocycles. The zero-order valence-electron chi connectivity index (χ0n) is 21.3. The molecule has 194 valence electrons. The van der Waals surface area contributed by atoms with Gasteiger partial charge in [-0.1, -0.05) is 32.0 Å². The maximum absolute atomic E-state index is 12.9. The van der Waals surface area contributed by atoms with E-state index in [-0.39, 0.29) is 23.7 Å². The van der Waals surface area contributed by atoms with E-state index in [1.165, 1.54) is 0 Å².